The molecule has 4 amide bonds. The Balaban J connectivity index is 1.48. The summed E-state index contributed by atoms with van der Waals surface area (Å²) in [5, 5.41) is 20.8. The van der Waals surface area contributed by atoms with Crippen LogP contribution in [-0.2, 0) is 19.5 Å². The van der Waals surface area contributed by atoms with Crippen molar-refractivity contribution in [1.82, 2.24) is 24.9 Å². The molecule has 10 nitrogen and oxygen atoms in total. The van der Waals surface area contributed by atoms with E-state index in [1.165, 1.54) is 0 Å². The minimum Gasteiger partial charge on any atom is -0.394 e. The molecule has 3 N–H and O–H groups in total. The number of aromatic nitrogens is 2. The Morgan fingerprint density at radius 3 is 2.29 bits per heavy atom. The molecule has 0 aliphatic carbocycles. The molecule has 5 rings (SSSR count). The van der Waals surface area contributed by atoms with Crippen molar-refractivity contribution < 1.29 is 19.5 Å². The van der Waals surface area contributed by atoms with E-state index in [-0.39, 0.29) is 18.4 Å². The van der Waals surface area contributed by atoms with Crippen molar-refractivity contribution in [3.8, 4) is 5.69 Å². The average Bonchev–Trinajstić information content (AvgIpc) is 3.51. The molecule has 48 heavy (non-hydrogen) atoms. The lowest BCUT2D eigenvalue weighted by Gasteiger charge is -2.36. The van der Waals surface area contributed by atoms with Crippen molar-refractivity contribution in [1.29, 1.82) is 0 Å². The molecule has 0 saturated heterocycles. The van der Waals surface area contributed by atoms with Gasteiger partial charge < -0.3 is 25.5 Å². The zero-order valence-electron chi connectivity index (χ0n) is 28.1. The van der Waals surface area contributed by atoms with Crippen molar-refractivity contribution in [2.24, 2.45) is 0 Å². The molecular formula is C38H46N6O4. The van der Waals surface area contributed by atoms with Gasteiger partial charge >= 0.3 is 6.03 Å². The topological polar surface area (TPSA) is 120 Å². The highest BCUT2D eigenvalue weighted by Gasteiger charge is 2.32. The van der Waals surface area contributed by atoms with Gasteiger partial charge in [-0.2, -0.15) is 5.10 Å². The highest BCUT2D eigenvalue weighted by Crippen LogP contribution is 2.29. The predicted octanol–water partition coefficient (Wildman–Crippen LogP) is 6.10. The molecule has 10 heteroatoms. The third-order valence-electron chi connectivity index (χ3n) is 8.79. The Bertz CT molecular complexity index is 1710. The van der Waals surface area contributed by atoms with Crippen molar-refractivity contribution in [2.75, 3.05) is 25.0 Å². The van der Waals surface area contributed by atoms with Crippen LogP contribution in [0.4, 0.5) is 10.5 Å². The zero-order valence-corrected chi connectivity index (χ0v) is 28.1. The quantitative estimate of drug-likeness (QED) is 0.162. The van der Waals surface area contributed by atoms with E-state index < -0.39 is 12.1 Å². The van der Waals surface area contributed by atoms with Gasteiger partial charge in [0, 0.05) is 37.6 Å². The Kier molecular flexibility index (Phi) is 11.6. The van der Waals surface area contributed by atoms with Crippen LogP contribution in [0.5, 0.6) is 0 Å². The number of carbonyl (C=O) groups excluding carboxylic acids is 3. The van der Waals surface area contributed by atoms with Gasteiger partial charge in [-0.15, -0.1) is 0 Å². The van der Waals surface area contributed by atoms with Crippen molar-refractivity contribution in [3.63, 3.8) is 0 Å². The summed E-state index contributed by atoms with van der Waals surface area (Å²) < 4.78 is 1.63. The minimum absolute atomic E-state index is 0.131. The van der Waals surface area contributed by atoms with Crippen LogP contribution >= 0.6 is 0 Å². The van der Waals surface area contributed by atoms with Crippen LogP contribution in [0.1, 0.15) is 82.8 Å². The van der Waals surface area contributed by atoms with Gasteiger partial charge in [-0.3, -0.25) is 9.59 Å². The number of urea groups is 1. The van der Waals surface area contributed by atoms with Gasteiger partial charge in [0.1, 0.15) is 0 Å². The summed E-state index contributed by atoms with van der Waals surface area (Å²) >= 11 is 0. The zero-order chi connectivity index (χ0) is 34.0. The van der Waals surface area contributed by atoms with E-state index in [1.807, 2.05) is 66.4 Å². The van der Waals surface area contributed by atoms with E-state index in [4.69, 9.17) is 5.10 Å². The van der Waals surface area contributed by atoms with Crippen molar-refractivity contribution in [2.45, 2.75) is 72.0 Å². The summed E-state index contributed by atoms with van der Waals surface area (Å²) in [6.07, 6.45) is 4.31. The molecule has 0 spiro atoms. The van der Waals surface area contributed by atoms with Crippen LogP contribution in [0, 0.1) is 6.92 Å². The first-order valence-corrected chi connectivity index (χ1v) is 16.9. The molecule has 0 fully saturated rings. The molecule has 1 aromatic heterocycles. The number of benzene rings is 3. The van der Waals surface area contributed by atoms with Gasteiger partial charge in [0.05, 0.1) is 23.9 Å². The van der Waals surface area contributed by atoms with Crippen LogP contribution < -0.4 is 10.6 Å². The normalized spacial score (nSPS) is 13.9. The van der Waals surface area contributed by atoms with Gasteiger partial charge in [-0.1, -0.05) is 81.3 Å². The number of aliphatic hydroxyl groups excluding tert-OH is 1. The van der Waals surface area contributed by atoms with Crippen LogP contribution in [0.2, 0.25) is 0 Å². The van der Waals surface area contributed by atoms with Gasteiger partial charge in [0.25, 0.3) is 11.8 Å². The van der Waals surface area contributed by atoms with Gasteiger partial charge in [-0.05, 0) is 67.1 Å². The number of anilines is 1. The molecule has 0 radical (unpaired) electrons. The Morgan fingerprint density at radius 1 is 0.917 bits per heavy atom. The monoisotopic (exact) mass is 650 g/mol. The number of hydrogen-bond acceptors (Lipinski definition) is 5. The lowest BCUT2D eigenvalue weighted by molar-refractivity contribution is 0.0544. The summed E-state index contributed by atoms with van der Waals surface area (Å²) in [5.41, 5.74) is 5.31. The number of aryl methyl sites for hydroxylation is 1. The first-order chi connectivity index (χ1) is 23.3. The number of carbonyl (C=O) groups is 3. The summed E-state index contributed by atoms with van der Waals surface area (Å²) in [6.45, 7) is 7.88. The van der Waals surface area contributed by atoms with Gasteiger partial charge in [-0.25, -0.2) is 9.48 Å². The van der Waals surface area contributed by atoms with Crippen molar-refractivity contribution >= 4 is 23.5 Å². The molecule has 1 atom stereocenters. The maximum atomic E-state index is 14.5. The van der Waals surface area contributed by atoms with Crippen LogP contribution in [0.25, 0.3) is 5.69 Å². The molecule has 2 heterocycles. The largest absolute Gasteiger partial charge is 0.394 e. The summed E-state index contributed by atoms with van der Waals surface area (Å²) in [6, 6.07) is 23.6. The minimum atomic E-state index is -0.424. The molecule has 1 aliphatic rings. The molecule has 0 bridgehead atoms. The fourth-order valence-corrected chi connectivity index (χ4v) is 6.06. The highest BCUT2D eigenvalue weighted by atomic mass is 16.3. The maximum Gasteiger partial charge on any atom is 0.319 e. The SMILES string of the molecule is CCCCN(CCCC)C(=O)c1cc(C)n(-c2ccc(NC(=O)NCc3ccccc3)cc2C(=O)N2Cc3ccccc3C[C@H]2CO)n1. The Morgan fingerprint density at radius 2 is 1.60 bits per heavy atom. The second-order valence-corrected chi connectivity index (χ2v) is 12.3. The number of amides is 4. The number of rotatable bonds is 13. The first-order valence-electron chi connectivity index (χ1n) is 16.9. The highest BCUT2D eigenvalue weighted by molar-refractivity contribution is 6.00. The fraction of sp³-hybridized carbons (Fsp3) is 0.368. The fourth-order valence-electron chi connectivity index (χ4n) is 6.06. The van der Waals surface area contributed by atoms with Crippen LogP contribution in [0.3, 0.4) is 0 Å². The van der Waals surface area contributed by atoms with Crippen LogP contribution in [0.15, 0.2) is 78.9 Å². The molecule has 0 saturated carbocycles. The van der Waals surface area contributed by atoms with Gasteiger partial charge in [0.2, 0.25) is 0 Å². The third-order valence-corrected chi connectivity index (χ3v) is 8.79. The molecule has 4 aromatic rings. The molecule has 1 aliphatic heterocycles. The van der Waals surface area contributed by atoms with E-state index in [0.717, 1.165) is 42.4 Å². The number of fused-ring (bicyclic) bond motifs is 1. The van der Waals surface area contributed by atoms with E-state index >= 15 is 0 Å². The van der Waals surface area contributed by atoms with E-state index in [0.29, 0.717) is 60.9 Å². The number of aliphatic hydroxyl groups is 1. The van der Waals surface area contributed by atoms with Crippen molar-refractivity contribution in [3.05, 3.63) is 113 Å². The predicted molar refractivity (Wildman–Crippen MR) is 187 cm³/mol. The Labute approximate surface area is 282 Å². The third kappa shape index (κ3) is 8.12. The molecule has 252 valence electrons. The summed E-state index contributed by atoms with van der Waals surface area (Å²) in [7, 11) is 0. The smallest absolute Gasteiger partial charge is 0.319 e. The lowest BCUT2D eigenvalue weighted by Crippen LogP contribution is -2.46. The molecular weight excluding hydrogens is 604 g/mol. The Hall–Kier alpha value is -4.96. The molecule has 3 aromatic carbocycles. The number of nitrogens with one attached hydrogen (secondary N) is 2. The van der Waals surface area contributed by atoms with E-state index in [2.05, 4.69) is 24.5 Å². The maximum absolute atomic E-state index is 14.5. The standard InChI is InChI=1S/C38H46N6O4/c1-4-6-19-42(20-7-5-2)37(47)34-21-27(3)44(41-34)35-18-17-31(40-38(48)39-24-28-13-9-8-10-14-28)23-33(35)36(46)43-25-30-16-12-11-15-29(30)22-32(43)26-45/h8-18,21,23,32,45H,4-7,19-20,22,24-26H2,1-3H3,(H2,39,40,48)/t32-/m0/s1. The van der Waals surface area contributed by atoms with E-state index in [1.54, 1.807) is 33.8 Å². The second kappa shape index (κ2) is 16.2. The number of hydrogen-bond donors (Lipinski definition) is 3. The summed E-state index contributed by atoms with van der Waals surface area (Å²) in [4.78, 5) is 44.6. The second-order valence-electron chi connectivity index (χ2n) is 12.3. The average molecular weight is 651 g/mol. The summed E-state index contributed by atoms with van der Waals surface area (Å²) in [5.74, 6) is -0.435. The lowest BCUT2D eigenvalue weighted by atomic mass is 9.93. The number of unbranched alkanes of at least 4 members (excludes halogenated alkanes) is 2. The van der Waals surface area contributed by atoms with Gasteiger partial charge in [0.15, 0.2) is 5.69 Å². The van der Waals surface area contributed by atoms with Crippen LogP contribution in [-0.4, -0.2) is 68.3 Å². The number of nitrogens with zero attached hydrogens (tertiary/aromatic N) is 4. The van der Waals surface area contributed by atoms with E-state index in [9.17, 15) is 19.5 Å². The molecule has 0 unspecified atom stereocenters. The first kappa shape index (κ1) is 34.4.